The Morgan fingerprint density at radius 1 is 1.33 bits per heavy atom. The number of piperidine rings is 1. The van der Waals surface area contributed by atoms with Gasteiger partial charge in [0.05, 0.1) is 5.54 Å². The molecule has 0 aromatic rings. The van der Waals surface area contributed by atoms with Crippen molar-refractivity contribution >= 4 is 5.91 Å². The average molecular weight is 255 g/mol. The van der Waals surface area contributed by atoms with Gasteiger partial charge in [0.1, 0.15) is 0 Å². The lowest BCUT2D eigenvalue weighted by molar-refractivity contribution is -0.126. The lowest BCUT2D eigenvalue weighted by Gasteiger charge is -2.31. The molecule has 0 saturated carbocycles. The van der Waals surface area contributed by atoms with E-state index in [-0.39, 0.29) is 5.91 Å². The highest BCUT2D eigenvalue weighted by Crippen LogP contribution is 2.15. The standard InChI is InChI=1S/C14H29N3O/c1-5-16-14(3,4)13(18)15-8-11-17-9-6-12(2)7-10-17/h12,16H,5-11H2,1-4H3,(H,15,18). The van der Waals surface area contributed by atoms with Crippen molar-refractivity contribution in [1.29, 1.82) is 0 Å². The van der Waals surface area contributed by atoms with E-state index in [9.17, 15) is 4.79 Å². The van der Waals surface area contributed by atoms with Crippen LogP contribution in [0.4, 0.5) is 0 Å². The maximum Gasteiger partial charge on any atom is 0.239 e. The number of nitrogens with zero attached hydrogens (tertiary/aromatic N) is 1. The molecule has 1 saturated heterocycles. The van der Waals surface area contributed by atoms with Crippen molar-refractivity contribution in [2.24, 2.45) is 5.92 Å². The summed E-state index contributed by atoms with van der Waals surface area (Å²) in [6.07, 6.45) is 2.58. The molecular formula is C14H29N3O. The predicted octanol–water partition coefficient (Wildman–Crippen LogP) is 1.22. The smallest absolute Gasteiger partial charge is 0.239 e. The highest BCUT2D eigenvalue weighted by molar-refractivity contribution is 5.85. The summed E-state index contributed by atoms with van der Waals surface area (Å²) in [5, 5.41) is 6.21. The molecule has 1 heterocycles. The third kappa shape index (κ3) is 4.94. The van der Waals surface area contributed by atoms with Crippen molar-refractivity contribution in [1.82, 2.24) is 15.5 Å². The molecule has 1 rings (SSSR count). The second-order valence-electron chi connectivity index (χ2n) is 5.94. The molecule has 2 N–H and O–H groups in total. The van der Waals surface area contributed by atoms with Crippen molar-refractivity contribution in [2.45, 2.75) is 46.1 Å². The zero-order chi connectivity index (χ0) is 13.6. The number of likely N-dealkylation sites (tertiary alicyclic amines) is 1. The van der Waals surface area contributed by atoms with Gasteiger partial charge in [0.15, 0.2) is 0 Å². The predicted molar refractivity (Wildman–Crippen MR) is 75.6 cm³/mol. The summed E-state index contributed by atoms with van der Waals surface area (Å²) in [6, 6.07) is 0. The Balaban J connectivity index is 2.19. The van der Waals surface area contributed by atoms with Crippen molar-refractivity contribution in [3.63, 3.8) is 0 Å². The van der Waals surface area contributed by atoms with Gasteiger partial charge >= 0.3 is 0 Å². The minimum atomic E-state index is -0.467. The SMILES string of the molecule is CCNC(C)(C)C(=O)NCCN1CCC(C)CC1. The van der Waals surface area contributed by atoms with Crippen molar-refractivity contribution < 1.29 is 4.79 Å². The lowest BCUT2D eigenvalue weighted by Crippen LogP contribution is -2.53. The van der Waals surface area contributed by atoms with Crippen LogP contribution in [0.2, 0.25) is 0 Å². The Morgan fingerprint density at radius 2 is 1.94 bits per heavy atom. The Labute approximate surface area is 111 Å². The molecule has 4 nitrogen and oxygen atoms in total. The topological polar surface area (TPSA) is 44.4 Å². The number of hydrogen-bond donors (Lipinski definition) is 2. The first-order valence-electron chi connectivity index (χ1n) is 7.21. The number of likely N-dealkylation sites (N-methyl/N-ethyl adjacent to an activating group) is 1. The first-order valence-corrected chi connectivity index (χ1v) is 7.21. The molecule has 1 fully saturated rings. The van der Waals surface area contributed by atoms with Gasteiger partial charge < -0.3 is 15.5 Å². The molecular weight excluding hydrogens is 226 g/mol. The van der Waals surface area contributed by atoms with Crippen LogP contribution >= 0.6 is 0 Å². The maximum absolute atomic E-state index is 12.0. The van der Waals surface area contributed by atoms with Crippen LogP contribution in [-0.4, -0.2) is 49.1 Å². The number of carbonyl (C=O) groups is 1. The molecule has 1 aliphatic rings. The first kappa shape index (κ1) is 15.4. The third-order valence-corrected chi connectivity index (χ3v) is 3.78. The van der Waals surface area contributed by atoms with Crippen LogP contribution in [0, 0.1) is 5.92 Å². The molecule has 0 aromatic carbocycles. The molecule has 0 radical (unpaired) electrons. The van der Waals surface area contributed by atoms with E-state index in [2.05, 4.69) is 22.5 Å². The van der Waals surface area contributed by atoms with Crippen LogP contribution in [0.1, 0.15) is 40.5 Å². The van der Waals surface area contributed by atoms with E-state index in [1.807, 2.05) is 20.8 Å². The van der Waals surface area contributed by atoms with Gasteiger partial charge in [-0.2, -0.15) is 0 Å². The van der Waals surface area contributed by atoms with E-state index in [0.717, 1.165) is 25.6 Å². The fourth-order valence-corrected chi connectivity index (χ4v) is 2.36. The van der Waals surface area contributed by atoms with Gasteiger partial charge in [0.2, 0.25) is 5.91 Å². The second kappa shape index (κ2) is 7.10. The number of hydrogen-bond acceptors (Lipinski definition) is 3. The Kier molecular flexibility index (Phi) is 6.09. The zero-order valence-electron chi connectivity index (χ0n) is 12.4. The van der Waals surface area contributed by atoms with E-state index < -0.39 is 5.54 Å². The Hall–Kier alpha value is -0.610. The Morgan fingerprint density at radius 3 is 2.50 bits per heavy atom. The van der Waals surface area contributed by atoms with E-state index >= 15 is 0 Å². The second-order valence-corrected chi connectivity index (χ2v) is 5.94. The van der Waals surface area contributed by atoms with Crippen LogP contribution in [0.5, 0.6) is 0 Å². The van der Waals surface area contributed by atoms with Gasteiger partial charge in [-0.1, -0.05) is 13.8 Å². The average Bonchev–Trinajstić information content (AvgIpc) is 2.31. The molecule has 0 unspecified atom stereocenters. The summed E-state index contributed by atoms with van der Waals surface area (Å²) in [4.78, 5) is 14.4. The summed E-state index contributed by atoms with van der Waals surface area (Å²) in [5.74, 6) is 0.957. The summed E-state index contributed by atoms with van der Waals surface area (Å²) in [6.45, 7) is 13.1. The van der Waals surface area contributed by atoms with Gasteiger partial charge in [0.25, 0.3) is 0 Å². The monoisotopic (exact) mass is 255 g/mol. The maximum atomic E-state index is 12.0. The Bertz CT molecular complexity index is 258. The van der Waals surface area contributed by atoms with Crippen LogP contribution in [0.3, 0.4) is 0 Å². The van der Waals surface area contributed by atoms with E-state index in [4.69, 9.17) is 0 Å². The molecule has 106 valence electrons. The van der Waals surface area contributed by atoms with Crippen LogP contribution in [-0.2, 0) is 4.79 Å². The molecule has 0 aliphatic carbocycles. The van der Waals surface area contributed by atoms with Gasteiger partial charge in [-0.15, -0.1) is 0 Å². The quantitative estimate of drug-likeness (QED) is 0.750. The highest BCUT2D eigenvalue weighted by Gasteiger charge is 2.25. The fraction of sp³-hybridized carbons (Fsp3) is 0.929. The largest absolute Gasteiger partial charge is 0.353 e. The number of amides is 1. The summed E-state index contributed by atoms with van der Waals surface area (Å²) < 4.78 is 0. The van der Waals surface area contributed by atoms with Crippen LogP contribution < -0.4 is 10.6 Å². The van der Waals surface area contributed by atoms with E-state index in [1.54, 1.807) is 0 Å². The lowest BCUT2D eigenvalue weighted by atomic mass is 9.99. The molecule has 1 amide bonds. The highest BCUT2D eigenvalue weighted by atomic mass is 16.2. The summed E-state index contributed by atoms with van der Waals surface area (Å²) in [7, 11) is 0. The van der Waals surface area contributed by atoms with Gasteiger partial charge in [-0.3, -0.25) is 4.79 Å². The normalized spacial score (nSPS) is 18.9. The molecule has 0 aromatic heterocycles. The molecule has 0 atom stereocenters. The van der Waals surface area contributed by atoms with E-state index in [1.165, 1.54) is 25.9 Å². The zero-order valence-corrected chi connectivity index (χ0v) is 12.4. The minimum absolute atomic E-state index is 0.0923. The number of rotatable bonds is 6. The third-order valence-electron chi connectivity index (χ3n) is 3.78. The van der Waals surface area contributed by atoms with Gasteiger partial charge in [-0.25, -0.2) is 0 Å². The van der Waals surface area contributed by atoms with Gasteiger partial charge in [-0.05, 0) is 52.2 Å². The summed E-state index contributed by atoms with van der Waals surface area (Å²) in [5.41, 5.74) is -0.467. The summed E-state index contributed by atoms with van der Waals surface area (Å²) >= 11 is 0. The van der Waals surface area contributed by atoms with Crippen LogP contribution in [0.15, 0.2) is 0 Å². The first-order chi connectivity index (χ1) is 8.45. The number of nitrogens with one attached hydrogen (secondary N) is 2. The van der Waals surface area contributed by atoms with Crippen molar-refractivity contribution in [3.8, 4) is 0 Å². The fourth-order valence-electron chi connectivity index (χ4n) is 2.36. The number of carbonyl (C=O) groups excluding carboxylic acids is 1. The van der Waals surface area contributed by atoms with Gasteiger partial charge in [0, 0.05) is 13.1 Å². The van der Waals surface area contributed by atoms with Crippen LogP contribution in [0.25, 0.3) is 0 Å². The molecule has 0 spiro atoms. The van der Waals surface area contributed by atoms with E-state index in [0.29, 0.717) is 0 Å². The molecule has 4 heteroatoms. The van der Waals surface area contributed by atoms with Crippen molar-refractivity contribution in [3.05, 3.63) is 0 Å². The molecule has 0 bridgehead atoms. The molecule has 1 aliphatic heterocycles. The minimum Gasteiger partial charge on any atom is -0.353 e. The van der Waals surface area contributed by atoms with Crippen molar-refractivity contribution in [2.75, 3.05) is 32.7 Å². The molecule has 18 heavy (non-hydrogen) atoms.